The zero-order chi connectivity index (χ0) is 21.1. The van der Waals surface area contributed by atoms with Crippen LogP contribution in [0.5, 0.6) is 17.2 Å². The maximum absolute atomic E-state index is 12.5. The van der Waals surface area contributed by atoms with Crippen molar-refractivity contribution in [2.24, 2.45) is 0 Å². The second-order valence-electron chi connectivity index (χ2n) is 7.57. The molecule has 1 fully saturated rings. The largest absolute Gasteiger partial charge is 0.502 e. The number of hydrogen-bond donors (Lipinski definition) is 1. The number of rotatable bonds is 6. The van der Waals surface area contributed by atoms with Gasteiger partial charge >= 0.3 is 5.97 Å². The first-order valence-electron chi connectivity index (χ1n) is 10.1. The molecule has 0 aliphatic carbocycles. The molecule has 8 heteroatoms. The second kappa shape index (κ2) is 8.79. The molecule has 2 aliphatic rings. The van der Waals surface area contributed by atoms with Gasteiger partial charge in [-0.2, -0.15) is 0 Å². The Kier molecular flexibility index (Phi) is 5.94. The van der Waals surface area contributed by atoms with Gasteiger partial charge in [0, 0.05) is 6.07 Å². The molecule has 2 aromatic rings. The molecule has 2 aliphatic heterocycles. The molecule has 1 saturated heterocycles. The summed E-state index contributed by atoms with van der Waals surface area (Å²) in [5.74, 6) is -0.0380. The summed E-state index contributed by atoms with van der Waals surface area (Å²) in [6.45, 7) is 2.47. The smallest absolute Gasteiger partial charge is 0.306 e. The van der Waals surface area contributed by atoms with Crippen LogP contribution < -0.4 is 14.9 Å². The molecular formula is C22H25NO7. The quantitative estimate of drug-likeness (QED) is 0.719. The summed E-state index contributed by atoms with van der Waals surface area (Å²) in [5.41, 5.74) is 0.122. The SMILES string of the molecule is COC(=O)CC(c1ccc2c(c1)OCO2)c1oc(CN2CCCCC2)cc(=O)c1O. The van der Waals surface area contributed by atoms with E-state index in [4.69, 9.17) is 18.6 Å². The van der Waals surface area contributed by atoms with Gasteiger partial charge in [0.05, 0.1) is 26.0 Å². The summed E-state index contributed by atoms with van der Waals surface area (Å²) in [6, 6.07) is 6.54. The van der Waals surface area contributed by atoms with E-state index in [0.29, 0.717) is 29.4 Å². The van der Waals surface area contributed by atoms with Crippen molar-refractivity contribution >= 4 is 5.97 Å². The van der Waals surface area contributed by atoms with Crippen LogP contribution in [0.4, 0.5) is 0 Å². The van der Waals surface area contributed by atoms with Gasteiger partial charge in [0.1, 0.15) is 5.76 Å². The number of methoxy groups -OCH3 is 1. The molecule has 3 heterocycles. The normalized spacial score (nSPS) is 17.0. The summed E-state index contributed by atoms with van der Waals surface area (Å²) in [6.07, 6.45) is 3.32. The van der Waals surface area contributed by atoms with Gasteiger partial charge in [-0.3, -0.25) is 14.5 Å². The number of fused-ring (bicyclic) bond motifs is 1. The molecule has 8 nitrogen and oxygen atoms in total. The Morgan fingerprint density at radius 1 is 1.17 bits per heavy atom. The van der Waals surface area contributed by atoms with Crippen LogP contribution in [-0.4, -0.2) is 43.0 Å². The summed E-state index contributed by atoms with van der Waals surface area (Å²) in [4.78, 5) is 26.8. The number of ether oxygens (including phenoxy) is 3. The molecule has 1 unspecified atom stereocenters. The average Bonchev–Trinajstić information content (AvgIpc) is 3.23. The van der Waals surface area contributed by atoms with Crippen LogP contribution in [-0.2, 0) is 16.1 Å². The molecule has 1 aromatic heterocycles. The number of hydrogen-bond acceptors (Lipinski definition) is 8. The van der Waals surface area contributed by atoms with Gasteiger partial charge in [-0.05, 0) is 43.6 Å². The molecule has 0 saturated carbocycles. The van der Waals surface area contributed by atoms with Gasteiger partial charge in [0.2, 0.25) is 18.0 Å². The fraction of sp³-hybridized carbons (Fsp3) is 0.455. The van der Waals surface area contributed by atoms with Crippen molar-refractivity contribution in [3.63, 3.8) is 0 Å². The van der Waals surface area contributed by atoms with Gasteiger partial charge in [-0.25, -0.2) is 0 Å². The second-order valence-corrected chi connectivity index (χ2v) is 7.57. The average molecular weight is 415 g/mol. The van der Waals surface area contributed by atoms with E-state index in [-0.39, 0.29) is 19.0 Å². The molecule has 0 radical (unpaired) electrons. The predicted molar refractivity (Wildman–Crippen MR) is 107 cm³/mol. The minimum atomic E-state index is -0.707. The predicted octanol–water partition coefficient (Wildman–Crippen LogP) is 2.76. The standard InChI is InChI=1S/C22H25NO7/c1-27-20(25)11-16(14-5-6-18-19(9-14)29-13-28-18)22-21(26)17(24)10-15(30-22)12-23-7-3-2-4-8-23/h5-6,9-10,16,26H,2-4,7-8,11-13H2,1H3. The molecule has 0 spiro atoms. The number of benzene rings is 1. The van der Waals surface area contributed by atoms with Gasteiger partial charge < -0.3 is 23.7 Å². The highest BCUT2D eigenvalue weighted by Crippen LogP contribution is 2.39. The monoisotopic (exact) mass is 415 g/mol. The van der Waals surface area contributed by atoms with Crippen LogP contribution in [0.15, 0.2) is 33.5 Å². The first-order valence-corrected chi connectivity index (χ1v) is 10.1. The van der Waals surface area contributed by atoms with E-state index in [2.05, 4.69) is 4.90 Å². The van der Waals surface area contributed by atoms with Crippen molar-refractivity contribution in [2.45, 2.75) is 38.1 Å². The lowest BCUT2D eigenvalue weighted by Gasteiger charge is -2.26. The van der Waals surface area contributed by atoms with E-state index < -0.39 is 23.1 Å². The van der Waals surface area contributed by atoms with Crippen molar-refractivity contribution in [3.05, 3.63) is 51.6 Å². The third-order valence-corrected chi connectivity index (χ3v) is 5.54. The Hall–Kier alpha value is -3.00. The summed E-state index contributed by atoms with van der Waals surface area (Å²) in [7, 11) is 1.29. The molecule has 0 amide bonds. The molecule has 30 heavy (non-hydrogen) atoms. The van der Waals surface area contributed by atoms with Crippen molar-refractivity contribution in [1.29, 1.82) is 0 Å². The maximum atomic E-state index is 12.5. The van der Waals surface area contributed by atoms with E-state index >= 15 is 0 Å². The van der Waals surface area contributed by atoms with Crippen LogP contribution in [0, 0.1) is 0 Å². The number of aromatic hydroxyl groups is 1. The van der Waals surface area contributed by atoms with E-state index in [1.165, 1.54) is 19.6 Å². The molecular weight excluding hydrogens is 390 g/mol. The zero-order valence-electron chi connectivity index (χ0n) is 16.9. The number of carbonyl (C=O) groups excluding carboxylic acids is 1. The summed E-state index contributed by atoms with van der Waals surface area (Å²) < 4.78 is 21.6. The molecule has 4 rings (SSSR count). The molecule has 1 N–H and O–H groups in total. The molecule has 0 bridgehead atoms. The highest BCUT2D eigenvalue weighted by atomic mass is 16.7. The third kappa shape index (κ3) is 4.28. The lowest BCUT2D eigenvalue weighted by Crippen LogP contribution is -2.29. The first kappa shape index (κ1) is 20.3. The maximum Gasteiger partial charge on any atom is 0.306 e. The van der Waals surface area contributed by atoms with Crippen LogP contribution in [0.25, 0.3) is 0 Å². The first-order chi connectivity index (χ1) is 14.5. The number of carbonyl (C=O) groups is 1. The highest BCUT2D eigenvalue weighted by molar-refractivity contribution is 5.71. The lowest BCUT2D eigenvalue weighted by molar-refractivity contribution is -0.140. The number of piperidine rings is 1. The summed E-state index contributed by atoms with van der Waals surface area (Å²) >= 11 is 0. The third-order valence-electron chi connectivity index (χ3n) is 5.54. The van der Waals surface area contributed by atoms with Crippen LogP contribution in [0.2, 0.25) is 0 Å². The highest BCUT2D eigenvalue weighted by Gasteiger charge is 2.28. The van der Waals surface area contributed by atoms with Gasteiger partial charge in [-0.1, -0.05) is 12.5 Å². The van der Waals surface area contributed by atoms with Crippen LogP contribution in [0.3, 0.4) is 0 Å². The summed E-state index contributed by atoms with van der Waals surface area (Å²) in [5, 5.41) is 10.5. The van der Waals surface area contributed by atoms with Crippen LogP contribution in [0.1, 0.15) is 48.7 Å². The van der Waals surface area contributed by atoms with E-state index in [9.17, 15) is 14.7 Å². The van der Waals surface area contributed by atoms with E-state index in [1.54, 1.807) is 18.2 Å². The number of nitrogens with zero attached hydrogens (tertiary/aromatic N) is 1. The van der Waals surface area contributed by atoms with Crippen molar-refractivity contribution in [1.82, 2.24) is 4.90 Å². The van der Waals surface area contributed by atoms with Crippen LogP contribution >= 0.6 is 0 Å². The van der Waals surface area contributed by atoms with Gasteiger partial charge in [-0.15, -0.1) is 0 Å². The van der Waals surface area contributed by atoms with E-state index in [1.807, 2.05) is 0 Å². The van der Waals surface area contributed by atoms with Crippen molar-refractivity contribution in [3.8, 4) is 17.2 Å². The minimum absolute atomic E-state index is 0.0544. The fourth-order valence-corrected chi connectivity index (χ4v) is 3.95. The van der Waals surface area contributed by atoms with E-state index in [0.717, 1.165) is 25.9 Å². The minimum Gasteiger partial charge on any atom is -0.502 e. The Bertz CT molecular complexity index is 978. The molecule has 1 atom stereocenters. The topological polar surface area (TPSA) is 98.4 Å². The zero-order valence-corrected chi connectivity index (χ0v) is 16.9. The Morgan fingerprint density at radius 2 is 1.93 bits per heavy atom. The van der Waals surface area contributed by atoms with Gasteiger partial charge in [0.25, 0.3) is 0 Å². The Labute approximate surface area is 174 Å². The lowest BCUT2D eigenvalue weighted by atomic mass is 9.92. The van der Waals surface area contributed by atoms with Crippen molar-refractivity contribution in [2.75, 3.05) is 27.0 Å². The van der Waals surface area contributed by atoms with Gasteiger partial charge in [0.15, 0.2) is 17.3 Å². The number of likely N-dealkylation sites (tertiary alicyclic amines) is 1. The fourth-order valence-electron chi connectivity index (χ4n) is 3.95. The molecule has 1 aromatic carbocycles. The Balaban J connectivity index is 1.71. The number of esters is 1. The van der Waals surface area contributed by atoms with Crippen molar-refractivity contribution < 1.29 is 28.5 Å². The Morgan fingerprint density at radius 3 is 2.70 bits per heavy atom. The molecule has 160 valence electrons.